The van der Waals surface area contributed by atoms with Crippen molar-refractivity contribution in [3.05, 3.63) is 34.9 Å². The number of likely N-dealkylation sites (N-methyl/N-ethyl adjacent to an activating group) is 1. The van der Waals surface area contributed by atoms with Crippen LogP contribution in [-0.4, -0.2) is 71.1 Å². The maximum atomic E-state index is 12.6. The molecule has 2 aromatic rings. The molecule has 3 heterocycles. The number of hydrogen-bond acceptors (Lipinski definition) is 5. The maximum Gasteiger partial charge on any atom is 0.260 e. The number of amides is 1. The van der Waals surface area contributed by atoms with Crippen molar-refractivity contribution in [2.24, 2.45) is 7.05 Å². The molecule has 2 aliphatic heterocycles. The lowest BCUT2D eigenvalue weighted by Gasteiger charge is -2.40. The molecule has 1 amide bonds. The molecule has 2 fully saturated rings. The molecule has 0 bridgehead atoms. The quantitative estimate of drug-likeness (QED) is 0.792. The van der Waals surface area contributed by atoms with Crippen LogP contribution in [0.25, 0.3) is 10.9 Å². The van der Waals surface area contributed by atoms with Crippen LogP contribution in [0.3, 0.4) is 0 Å². The zero-order valence-electron chi connectivity index (χ0n) is 16.1. The number of nitrogens with zero attached hydrogens (tertiary/aromatic N) is 5. The summed E-state index contributed by atoms with van der Waals surface area (Å²) in [7, 11) is 3.64. The summed E-state index contributed by atoms with van der Waals surface area (Å²) in [4.78, 5) is 35.8. The van der Waals surface area contributed by atoms with Crippen LogP contribution in [0.1, 0.15) is 19.3 Å². The molecular formula is C20H27N5O2. The van der Waals surface area contributed by atoms with E-state index in [1.807, 2.05) is 30.1 Å². The molecule has 7 nitrogen and oxygen atoms in total. The first kappa shape index (κ1) is 18.0. The monoisotopic (exact) mass is 369 g/mol. The number of piperazine rings is 1. The summed E-state index contributed by atoms with van der Waals surface area (Å²) in [6, 6.07) is 5.90. The molecule has 0 spiro atoms. The third-order valence-electron chi connectivity index (χ3n) is 5.90. The molecule has 1 atom stereocenters. The fraction of sp³-hybridized carbons (Fsp3) is 0.550. The Balaban J connectivity index is 1.47. The number of aryl methyl sites for hydroxylation is 1. The molecule has 7 heteroatoms. The number of benzene rings is 1. The minimum absolute atomic E-state index is 0.0210. The Morgan fingerprint density at radius 1 is 1.00 bits per heavy atom. The Bertz CT molecular complexity index is 901. The summed E-state index contributed by atoms with van der Waals surface area (Å²) in [6.07, 6.45) is 4.75. The average molecular weight is 369 g/mol. The van der Waals surface area contributed by atoms with Crippen LogP contribution in [0, 0.1) is 0 Å². The van der Waals surface area contributed by atoms with E-state index in [1.165, 1.54) is 4.57 Å². The van der Waals surface area contributed by atoms with Gasteiger partial charge in [-0.15, -0.1) is 0 Å². The predicted octanol–water partition coefficient (Wildman–Crippen LogP) is 1.07. The van der Waals surface area contributed by atoms with Gasteiger partial charge in [0.15, 0.2) is 0 Å². The minimum atomic E-state index is -0.0210. The van der Waals surface area contributed by atoms with Gasteiger partial charge in [0, 0.05) is 52.5 Å². The summed E-state index contributed by atoms with van der Waals surface area (Å²) >= 11 is 0. The van der Waals surface area contributed by atoms with Gasteiger partial charge in [0.2, 0.25) is 5.91 Å². The van der Waals surface area contributed by atoms with Gasteiger partial charge in [0.1, 0.15) is 0 Å². The molecule has 1 unspecified atom stereocenters. The minimum Gasteiger partial charge on any atom is -0.369 e. The summed E-state index contributed by atoms with van der Waals surface area (Å²) in [5, 5.41) is 0.648. The van der Waals surface area contributed by atoms with Gasteiger partial charge in [0.05, 0.1) is 23.3 Å². The normalized spacial score (nSPS) is 22.3. The third kappa shape index (κ3) is 3.43. The number of likely N-dealkylation sites (tertiary alicyclic amines) is 1. The second-order valence-electron chi connectivity index (χ2n) is 7.66. The molecule has 0 N–H and O–H groups in total. The molecule has 144 valence electrons. The van der Waals surface area contributed by atoms with Gasteiger partial charge < -0.3 is 14.4 Å². The van der Waals surface area contributed by atoms with Crippen molar-refractivity contribution in [1.29, 1.82) is 0 Å². The smallest absolute Gasteiger partial charge is 0.260 e. The Morgan fingerprint density at radius 3 is 2.56 bits per heavy atom. The lowest BCUT2D eigenvalue weighted by Crippen LogP contribution is -2.54. The van der Waals surface area contributed by atoms with Crippen molar-refractivity contribution in [2.75, 3.05) is 44.7 Å². The largest absolute Gasteiger partial charge is 0.369 e. The molecule has 4 rings (SSSR count). The van der Waals surface area contributed by atoms with E-state index in [-0.39, 0.29) is 17.5 Å². The van der Waals surface area contributed by atoms with E-state index in [1.54, 1.807) is 13.4 Å². The number of fused-ring (bicyclic) bond motifs is 1. The van der Waals surface area contributed by atoms with Gasteiger partial charge in [-0.3, -0.25) is 14.5 Å². The van der Waals surface area contributed by atoms with E-state index in [4.69, 9.17) is 0 Å². The first-order valence-electron chi connectivity index (χ1n) is 9.74. The van der Waals surface area contributed by atoms with Gasteiger partial charge in [-0.2, -0.15) is 0 Å². The zero-order chi connectivity index (χ0) is 19.0. The first-order valence-corrected chi connectivity index (χ1v) is 9.74. The van der Waals surface area contributed by atoms with Gasteiger partial charge in [0.25, 0.3) is 5.56 Å². The highest BCUT2D eigenvalue weighted by Gasteiger charge is 2.32. The highest BCUT2D eigenvalue weighted by molar-refractivity contribution is 5.82. The van der Waals surface area contributed by atoms with Crippen molar-refractivity contribution < 1.29 is 4.79 Å². The highest BCUT2D eigenvalue weighted by atomic mass is 16.2. The van der Waals surface area contributed by atoms with Crippen molar-refractivity contribution in [3.8, 4) is 0 Å². The average Bonchev–Trinajstić information content (AvgIpc) is 2.86. The molecule has 0 saturated carbocycles. The third-order valence-corrected chi connectivity index (χ3v) is 5.90. The van der Waals surface area contributed by atoms with Gasteiger partial charge in [-0.25, -0.2) is 4.98 Å². The van der Waals surface area contributed by atoms with E-state index < -0.39 is 0 Å². The molecule has 0 radical (unpaired) electrons. The number of rotatable bonds is 2. The standard InChI is InChI=1S/C20H27N5O2/c1-22-8-4-3-5-18(20(22)27)25-11-9-24(10-12-25)15-6-7-16-17(13-15)21-14-23(2)19(16)26/h6-7,13-14,18H,3-5,8-12H2,1-2H3. The Morgan fingerprint density at radius 2 is 1.78 bits per heavy atom. The van der Waals surface area contributed by atoms with Gasteiger partial charge in [-0.1, -0.05) is 0 Å². The summed E-state index contributed by atoms with van der Waals surface area (Å²) in [5.74, 6) is 0.270. The number of aromatic nitrogens is 2. The van der Waals surface area contributed by atoms with Crippen molar-refractivity contribution in [2.45, 2.75) is 25.3 Å². The van der Waals surface area contributed by atoms with E-state index in [0.717, 1.165) is 63.2 Å². The fourth-order valence-electron chi connectivity index (χ4n) is 4.20. The molecule has 2 aliphatic rings. The van der Waals surface area contributed by atoms with E-state index in [2.05, 4.69) is 14.8 Å². The van der Waals surface area contributed by atoms with E-state index in [9.17, 15) is 9.59 Å². The summed E-state index contributed by atoms with van der Waals surface area (Å²) < 4.78 is 1.50. The molecule has 1 aromatic heterocycles. The van der Waals surface area contributed by atoms with Crippen molar-refractivity contribution in [1.82, 2.24) is 19.4 Å². The van der Waals surface area contributed by atoms with Gasteiger partial charge >= 0.3 is 0 Å². The summed E-state index contributed by atoms with van der Waals surface area (Å²) in [6.45, 7) is 4.39. The van der Waals surface area contributed by atoms with Crippen LogP contribution < -0.4 is 10.5 Å². The predicted molar refractivity (Wildman–Crippen MR) is 106 cm³/mol. The Hall–Kier alpha value is -2.41. The topological polar surface area (TPSA) is 61.7 Å². The van der Waals surface area contributed by atoms with Crippen LogP contribution in [0.5, 0.6) is 0 Å². The van der Waals surface area contributed by atoms with E-state index in [0.29, 0.717) is 5.39 Å². The van der Waals surface area contributed by atoms with Crippen LogP contribution in [-0.2, 0) is 11.8 Å². The highest BCUT2D eigenvalue weighted by Crippen LogP contribution is 2.23. The summed E-state index contributed by atoms with van der Waals surface area (Å²) in [5.41, 5.74) is 1.80. The van der Waals surface area contributed by atoms with Crippen molar-refractivity contribution in [3.63, 3.8) is 0 Å². The second-order valence-corrected chi connectivity index (χ2v) is 7.66. The second kappa shape index (κ2) is 7.31. The molecule has 1 aromatic carbocycles. The molecule has 2 saturated heterocycles. The van der Waals surface area contributed by atoms with E-state index >= 15 is 0 Å². The van der Waals surface area contributed by atoms with Crippen LogP contribution in [0.2, 0.25) is 0 Å². The zero-order valence-corrected chi connectivity index (χ0v) is 16.1. The number of carbonyl (C=O) groups excluding carboxylic acids is 1. The molecule has 27 heavy (non-hydrogen) atoms. The SMILES string of the molecule is CN1CCCCC(N2CCN(c3ccc4c(=O)n(C)cnc4c3)CC2)C1=O. The molecule has 0 aliphatic carbocycles. The maximum absolute atomic E-state index is 12.6. The number of hydrogen-bond donors (Lipinski definition) is 0. The van der Waals surface area contributed by atoms with Crippen molar-refractivity contribution >= 4 is 22.5 Å². The lowest BCUT2D eigenvalue weighted by molar-refractivity contribution is -0.135. The number of anilines is 1. The van der Waals surface area contributed by atoms with Crippen LogP contribution in [0.4, 0.5) is 5.69 Å². The fourth-order valence-corrected chi connectivity index (χ4v) is 4.20. The molecular weight excluding hydrogens is 342 g/mol. The van der Waals surface area contributed by atoms with Crippen LogP contribution in [0.15, 0.2) is 29.3 Å². The lowest BCUT2D eigenvalue weighted by atomic mass is 10.1. The van der Waals surface area contributed by atoms with Gasteiger partial charge in [-0.05, 0) is 37.5 Å². The van der Waals surface area contributed by atoms with Crippen LogP contribution >= 0.6 is 0 Å². The Labute approximate surface area is 159 Å². The Kier molecular flexibility index (Phi) is 4.86. The number of carbonyl (C=O) groups is 1. The first-order chi connectivity index (χ1) is 13.0.